The number of ether oxygens (including phenoxy) is 1. The molecule has 98 valence electrons. The number of aromatic nitrogens is 2. The lowest BCUT2D eigenvalue weighted by Gasteiger charge is -2.09. The molecule has 0 saturated carbocycles. The summed E-state index contributed by atoms with van der Waals surface area (Å²) in [5, 5.41) is 12.1. The molecule has 0 aromatic carbocycles. The van der Waals surface area contributed by atoms with E-state index in [-0.39, 0.29) is 16.5 Å². The highest BCUT2D eigenvalue weighted by molar-refractivity contribution is 6.29. The molecule has 2 rings (SSSR count). The topological polar surface area (TPSA) is 84.3 Å². The molecule has 0 unspecified atom stereocenters. The lowest BCUT2D eigenvalue weighted by atomic mass is 10.2. The largest absolute Gasteiger partial charge is 0.481 e. The number of halogens is 1. The number of carbonyl (C=O) groups is 1. The van der Waals surface area contributed by atoms with E-state index in [1.54, 1.807) is 12.1 Å². The zero-order valence-corrected chi connectivity index (χ0v) is 10.7. The molecule has 2 aromatic heterocycles. The average Bonchev–Trinajstić information content (AvgIpc) is 2.39. The SMILES string of the molecule is COc1ccc(Nc2nc(Cl)ccc2C(=O)O)cn1. The Morgan fingerprint density at radius 2 is 2.16 bits per heavy atom. The number of nitrogens with zero attached hydrogens (tertiary/aromatic N) is 2. The number of pyridine rings is 2. The number of aromatic carboxylic acids is 1. The smallest absolute Gasteiger partial charge is 0.339 e. The molecule has 0 atom stereocenters. The lowest BCUT2D eigenvalue weighted by molar-refractivity contribution is 0.0697. The molecule has 0 spiro atoms. The van der Waals surface area contributed by atoms with Crippen LogP contribution in [0.15, 0.2) is 30.5 Å². The average molecular weight is 280 g/mol. The molecule has 2 N–H and O–H groups in total. The van der Waals surface area contributed by atoms with Gasteiger partial charge < -0.3 is 15.2 Å². The second-order valence-electron chi connectivity index (χ2n) is 3.55. The van der Waals surface area contributed by atoms with E-state index in [0.717, 1.165) is 0 Å². The lowest BCUT2D eigenvalue weighted by Crippen LogP contribution is -2.05. The van der Waals surface area contributed by atoms with E-state index in [9.17, 15) is 4.79 Å². The Morgan fingerprint density at radius 1 is 1.37 bits per heavy atom. The first-order valence-electron chi connectivity index (χ1n) is 5.27. The first-order valence-corrected chi connectivity index (χ1v) is 5.65. The predicted molar refractivity (Wildman–Crippen MR) is 70.3 cm³/mol. The number of methoxy groups -OCH3 is 1. The van der Waals surface area contributed by atoms with Gasteiger partial charge in [-0.3, -0.25) is 0 Å². The molecular weight excluding hydrogens is 270 g/mol. The van der Waals surface area contributed by atoms with Gasteiger partial charge in [0.05, 0.1) is 19.0 Å². The van der Waals surface area contributed by atoms with Gasteiger partial charge in [-0.15, -0.1) is 0 Å². The van der Waals surface area contributed by atoms with Crippen LogP contribution < -0.4 is 10.1 Å². The van der Waals surface area contributed by atoms with Crippen LogP contribution >= 0.6 is 11.6 Å². The molecule has 0 saturated heterocycles. The molecule has 2 aromatic rings. The Bertz CT molecular complexity index is 602. The third-order valence-electron chi connectivity index (χ3n) is 2.30. The molecule has 7 heteroatoms. The van der Waals surface area contributed by atoms with Crippen LogP contribution in [0, 0.1) is 0 Å². The molecule has 0 bridgehead atoms. The molecule has 0 aliphatic heterocycles. The number of hydrogen-bond donors (Lipinski definition) is 2. The number of hydrogen-bond acceptors (Lipinski definition) is 5. The molecule has 0 radical (unpaired) electrons. The first-order chi connectivity index (χ1) is 9.10. The van der Waals surface area contributed by atoms with Gasteiger partial charge in [0.15, 0.2) is 0 Å². The van der Waals surface area contributed by atoms with Gasteiger partial charge in [-0.1, -0.05) is 11.6 Å². The summed E-state index contributed by atoms with van der Waals surface area (Å²) in [6.45, 7) is 0. The molecular formula is C12H10ClN3O3. The summed E-state index contributed by atoms with van der Waals surface area (Å²) in [5.41, 5.74) is 0.610. The van der Waals surface area contributed by atoms with Gasteiger partial charge in [0.2, 0.25) is 5.88 Å². The molecule has 0 amide bonds. The van der Waals surface area contributed by atoms with Gasteiger partial charge in [-0.2, -0.15) is 0 Å². The quantitative estimate of drug-likeness (QED) is 0.837. The highest BCUT2D eigenvalue weighted by Gasteiger charge is 2.12. The maximum absolute atomic E-state index is 11.1. The van der Waals surface area contributed by atoms with E-state index in [1.165, 1.54) is 25.4 Å². The summed E-state index contributed by atoms with van der Waals surface area (Å²) in [4.78, 5) is 19.0. The third-order valence-corrected chi connectivity index (χ3v) is 2.51. The van der Waals surface area contributed by atoms with Gasteiger partial charge in [-0.25, -0.2) is 14.8 Å². The normalized spacial score (nSPS) is 10.0. The first kappa shape index (κ1) is 13.1. The van der Waals surface area contributed by atoms with E-state index in [0.29, 0.717) is 11.6 Å². The van der Waals surface area contributed by atoms with Crippen LogP contribution in [0.1, 0.15) is 10.4 Å². The van der Waals surface area contributed by atoms with Crippen molar-refractivity contribution >= 4 is 29.1 Å². The zero-order valence-electron chi connectivity index (χ0n) is 9.92. The van der Waals surface area contributed by atoms with Crippen molar-refractivity contribution in [1.82, 2.24) is 9.97 Å². The van der Waals surface area contributed by atoms with Crippen LogP contribution in [0.3, 0.4) is 0 Å². The number of anilines is 2. The van der Waals surface area contributed by atoms with Crippen LogP contribution in [0.2, 0.25) is 5.15 Å². The fourth-order valence-corrected chi connectivity index (χ4v) is 1.56. The third kappa shape index (κ3) is 3.11. The summed E-state index contributed by atoms with van der Waals surface area (Å²) < 4.78 is 4.93. The summed E-state index contributed by atoms with van der Waals surface area (Å²) in [5.74, 6) is -0.469. The maximum atomic E-state index is 11.1. The molecule has 6 nitrogen and oxygen atoms in total. The summed E-state index contributed by atoms with van der Waals surface area (Å²) in [7, 11) is 1.51. The van der Waals surface area contributed by atoms with E-state index >= 15 is 0 Å². The van der Waals surface area contributed by atoms with E-state index in [2.05, 4.69) is 15.3 Å². The number of nitrogens with one attached hydrogen (secondary N) is 1. The molecule has 19 heavy (non-hydrogen) atoms. The van der Waals surface area contributed by atoms with Gasteiger partial charge in [0.1, 0.15) is 16.5 Å². The highest BCUT2D eigenvalue weighted by Crippen LogP contribution is 2.21. The van der Waals surface area contributed by atoms with Crippen LogP contribution in [-0.4, -0.2) is 28.2 Å². The van der Waals surface area contributed by atoms with Crippen molar-refractivity contribution in [2.45, 2.75) is 0 Å². The Labute approximate surface area is 114 Å². The van der Waals surface area contributed by atoms with Gasteiger partial charge >= 0.3 is 5.97 Å². The van der Waals surface area contributed by atoms with Crippen molar-refractivity contribution < 1.29 is 14.6 Å². The summed E-state index contributed by atoms with van der Waals surface area (Å²) in [6, 6.07) is 6.15. The minimum atomic E-state index is -1.09. The summed E-state index contributed by atoms with van der Waals surface area (Å²) >= 11 is 5.76. The van der Waals surface area contributed by atoms with Crippen LogP contribution in [0.4, 0.5) is 11.5 Å². The Hall–Kier alpha value is -2.34. The fourth-order valence-electron chi connectivity index (χ4n) is 1.41. The second kappa shape index (κ2) is 5.53. The van der Waals surface area contributed by atoms with E-state index < -0.39 is 5.97 Å². The van der Waals surface area contributed by atoms with Crippen LogP contribution in [0.25, 0.3) is 0 Å². The van der Waals surface area contributed by atoms with Crippen LogP contribution in [0.5, 0.6) is 5.88 Å². The monoisotopic (exact) mass is 279 g/mol. The van der Waals surface area contributed by atoms with Gasteiger partial charge in [-0.05, 0) is 18.2 Å². The molecule has 2 heterocycles. The maximum Gasteiger partial charge on any atom is 0.339 e. The Morgan fingerprint density at radius 3 is 2.74 bits per heavy atom. The minimum absolute atomic E-state index is 0.0280. The Balaban J connectivity index is 2.31. The van der Waals surface area contributed by atoms with Crippen molar-refractivity contribution in [2.24, 2.45) is 0 Å². The Kier molecular flexibility index (Phi) is 3.82. The number of carboxylic acids is 1. The molecule has 0 fully saturated rings. The van der Waals surface area contributed by atoms with Gasteiger partial charge in [0.25, 0.3) is 0 Å². The highest BCUT2D eigenvalue weighted by atomic mass is 35.5. The number of carboxylic acid groups (broad SMARTS) is 1. The van der Waals surface area contributed by atoms with E-state index in [1.807, 2.05) is 0 Å². The van der Waals surface area contributed by atoms with Crippen molar-refractivity contribution in [3.63, 3.8) is 0 Å². The van der Waals surface area contributed by atoms with Gasteiger partial charge in [0, 0.05) is 6.07 Å². The van der Waals surface area contributed by atoms with Crippen molar-refractivity contribution in [3.05, 3.63) is 41.2 Å². The molecule has 0 aliphatic carbocycles. The number of rotatable bonds is 4. The summed E-state index contributed by atoms with van der Waals surface area (Å²) in [6.07, 6.45) is 1.51. The van der Waals surface area contributed by atoms with Crippen LogP contribution in [-0.2, 0) is 0 Å². The van der Waals surface area contributed by atoms with Crippen molar-refractivity contribution in [1.29, 1.82) is 0 Å². The van der Waals surface area contributed by atoms with Crippen molar-refractivity contribution in [3.8, 4) is 5.88 Å². The molecule has 0 aliphatic rings. The fraction of sp³-hybridized carbons (Fsp3) is 0.0833. The predicted octanol–water partition coefficient (Wildman–Crippen LogP) is 2.58. The second-order valence-corrected chi connectivity index (χ2v) is 3.94. The zero-order chi connectivity index (χ0) is 13.8. The standard InChI is InChI=1S/C12H10ClN3O3/c1-19-10-5-2-7(6-14-10)15-11-8(12(17)18)3-4-9(13)16-11/h2-6H,1H3,(H,15,16)(H,17,18). The minimum Gasteiger partial charge on any atom is -0.481 e. The van der Waals surface area contributed by atoms with E-state index in [4.69, 9.17) is 21.4 Å². The van der Waals surface area contributed by atoms with Crippen molar-refractivity contribution in [2.75, 3.05) is 12.4 Å².